The van der Waals surface area contributed by atoms with Crippen molar-refractivity contribution in [3.05, 3.63) is 6.55 Å². The molecule has 1 rings (SSSR count). The molecule has 3 N–H and O–H groups in total. The lowest BCUT2D eigenvalue weighted by Gasteiger charge is -2.44. The lowest BCUT2D eigenvalue weighted by Crippen LogP contribution is -2.88. The van der Waals surface area contributed by atoms with Crippen LogP contribution in [0.1, 0.15) is 0 Å². The summed E-state index contributed by atoms with van der Waals surface area (Å²) in [6.45, 7) is 15.8. The molecule has 0 radical (unpaired) electrons. The van der Waals surface area contributed by atoms with Crippen molar-refractivity contribution in [2.24, 2.45) is 0 Å². The number of rotatable bonds is 0. The van der Waals surface area contributed by atoms with Crippen LogP contribution in [0.3, 0.4) is 0 Å². The van der Waals surface area contributed by atoms with Gasteiger partial charge in [-0.1, -0.05) is 0 Å². The molecule has 1 fully saturated rings. The molecule has 0 unspecified atom stereocenters. The normalized spacial score (nSPS) is 31.4. The van der Waals surface area contributed by atoms with Crippen molar-refractivity contribution in [3.8, 4) is 0 Å². The highest BCUT2D eigenvalue weighted by molar-refractivity contribution is 7.05. The van der Waals surface area contributed by atoms with Crippen LogP contribution in [0.25, 0.3) is 0 Å². The minimum absolute atomic E-state index is 1.36. The predicted molar refractivity (Wildman–Crippen MR) is 61.3 cm³/mol. The Morgan fingerprint density at radius 3 is 1.33 bits per heavy atom. The zero-order chi connectivity index (χ0) is 9.62. The Morgan fingerprint density at radius 2 is 1.08 bits per heavy atom. The van der Waals surface area contributed by atoms with Gasteiger partial charge in [-0.15, -0.1) is 0 Å². The Balaban J connectivity index is 2.81. The van der Waals surface area contributed by atoms with E-state index in [9.17, 15) is 0 Å². The van der Waals surface area contributed by atoms with Gasteiger partial charge in [-0.2, -0.15) is 0 Å². The van der Waals surface area contributed by atoms with Gasteiger partial charge < -0.3 is 4.65 Å². The van der Waals surface area contributed by atoms with E-state index >= 15 is 0 Å². The van der Waals surface area contributed by atoms with Crippen molar-refractivity contribution >= 4 is 25.2 Å². The van der Waals surface area contributed by atoms with Crippen LogP contribution in [0.4, 0.5) is 0 Å². The smallest absolute Gasteiger partial charge is 0.336 e. The van der Waals surface area contributed by atoms with Crippen LogP contribution in [-0.4, -0.2) is 25.2 Å². The van der Waals surface area contributed by atoms with Gasteiger partial charge in [0.05, 0.1) is 0 Å². The monoisotopic (exact) mass is 218 g/mol. The highest BCUT2D eigenvalue weighted by Gasteiger charge is 2.50. The molecule has 0 aromatic rings. The maximum atomic E-state index is 4.27. The average molecular weight is 219 g/mol. The fraction of sp³-hybridized carbons (Fsp3) is 0.833. The zero-order valence-corrected chi connectivity index (χ0v) is 11.7. The van der Waals surface area contributed by atoms with E-state index in [1.54, 1.807) is 0 Å². The molecule has 0 spiro atoms. The Kier molecular flexibility index (Phi) is 2.35. The second-order valence-corrected chi connectivity index (χ2v) is 17.1. The second-order valence-electron chi connectivity index (χ2n) is 4.96. The summed E-state index contributed by atoms with van der Waals surface area (Å²) >= 11 is 0. The molecule has 70 valence electrons. The van der Waals surface area contributed by atoms with Crippen molar-refractivity contribution in [2.75, 3.05) is 0 Å². The molecule has 0 atom stereocenters. The van der Waals surface area contributed by atoms with Crippen LogP contribution in [-0.2, 0) is 0 Å². The Bertz CT molecular complexity index is 145. The van der Waals surface area contributed by atoms with E-state index in [4.69, 9.17) is 0 Å². The topological polar surface area (TPSA) is 36.1 Å². The quantitative estimate of drug-likeness (QED) is 0.412. The summed E-state index contributed by atoms with van der Waals surface area (Å²) in [6, 6.07) is 0. The highest BCUT2D eigenvalue weighted by Crippen LogP contribution is 2.10. The van der Waals surface area contributed by atoms with Crippen molar-refractivity contribution in [3.63, 3.8) is 0 Å². The van der Waals surface area contributed by atoms with Gasteiger partial charge in [0.25, 0.3) is 0 Å². The summed E-state index contributed by atoms with van der Waals surface area (Å²) in [4.78, 5) is 0. The van der Waals surface area contributed by atoms with E-state index < -0.39 is 25.2 Å². The van der Waals surface area contributed by atoms with Gasteiger partial charge in [-0.05, 0) is 26.2 Å². The molecule has 1 aliphatic heterocycles. The molecule has 1 aliphatic rings. The maximum Gasteiger partial charge on any atom is 0.409 e. The van der Waals surface area contributed by atoms with Gasteiger partial charge in [0.1, 0.15) is 0 Å². The van der Waals surface area contributed by atoms with E-state index in [1.807, 2.05) is 0 Å². The van der Waals surface area contributed by atoms with Gasteiger partial charge in [0.2, 0.25) is 0 Å². The summed E-state index contributed by atoms with van der Waals surface area (Å²) in [6.07, 6.45) is 0. The average Bonchev–Trinajstić information content (AvgIpc) is 1.44. The van der Waals surface area contributed by atoms with E-state index in [2.05, 4.69) is 53.2 Å². The SMILES string of the molecule is [CH2+][Si]1(C)N[Si](C)(C)N[Si](C)(C)N1. The van der Waals surface area contributed by atoms with E-state index in [0.717, 1.165) is 0 Å². The first-order valence-corrected chi connectivity index (χ1v) is 13.1. The van der Waals surface area contributed by atoms with Crippen molar-refractivity contribution in [2.45, 2.75) is 32.7 Å². The molecule has 0 aliphatic carbocycles. The van der Waals surface area contributed by atoms with Gasteiger partial charge in [-0.25, -0.2) is 0 Å². The minimum Gasteiger partial charge on any atom is -0.336 e. The van der Waals surface area contributed by atoms with E-state index in [0.29, 0.717) is 0 Å². The third-order valence-electron chi connectivity index (χ3n) is 1.80. The molecule has 0 saturated carbocycles. The van der Waals surface area contributed by atoms with Gasteiger partial charge in [0, 0.05) is 13.1 Å². The first-order valence-electron chi connectivity index (χ1n) is 4.35. The first-order chi connectivity index (χ1) is 5.12. The van der Waals surface area contributed by atoms with Crippen LogP contribution in [0.5, 0.6) is 0 Å². The molecule has 6 heteroatoms. The molecule has 12 heavy (non-hydrogen) atoms. The van der Waals surface area contributed by atoms with Crippen LogP contribution < -0.4 is 13.9 Å². The van der Waals surface area contributed by atoms with E-state index in [1.165, 1.54) is 0 Å². The standard InChI is InChI=1S/C6H20N3Si3/c1-10(2)7-11(3,4)9-12(5,6)8-10/h7-9H,1H2,2-6H3/q+1. The van der Waals surface area contributed by atoms with Gasteiger partial charge >= 0.3 is 8.40 Å². The molecule has 0 aromatic carbocycles. The molecule has 1 heterocycles. The summed E-state index contributed by atoms with van der Waals surface area (Å²) < 4.78 is 11.1. The van der Waals surface area contributed by atoms with Crippen LogP contribution in [0, 0.1) is 6.55 Å². The minimum atomic E-state index is -1.55. The number of hydrogen-bond acceptors (Lipinski definition) is 3. The third-order valence-corrected chi connectivity index (χ3v) is 16.2. The lowest BCUT2D eigenvalue weighted by atomic mass is 11.9. The van der Waals surface area contributed by atoms with Gasteiger partial charge in [0.15, 0.2) is 16.8 Å². The fourth-order valence-electron chi connectivity index (χ4n) is 2.25. The predicted octanol–water partition coefficient (Wildman–Crippen LogP) is 0.618. The summed E-state index contributed by atoms with van der Waals surface area (Å²) in [7, 11) is -4.28. The fourth-order valence-corrected chi connectivity index (χ4v) is 22.0. The molecule has 0 bridgehead atoms. The van der Waals surface area contributed by atoms with Crippen molar-refractivity contribution in [1.29, 1.82) is 0 Å². The summed E-state index contributed by atoms with van der Waals surface area (Å²) in [5, 5.41) is 0. The maximum absolute atomic E-state index is 4.27. The Hall–Kier alpha value is 0.401. The highest BCUT2D eigenvalue weighted by atomic mass is 28.5. The number of nitrogens with one attached hydrogen (secondary N) is 3. The lowest BCUT2D eigenvalue weighted by molar-refractivity contribution is 1.05. The first kappa shape index (κ1) is 10.5. The van der Waals surface area contributed by atoms with Gasteiger partial charge in [-0.3, -0.25) is 9.30 Å². The summed E-state index contributed by atoms with van der Waals surface area (Å²) in [5.74, 6) is 0. The summed E-state index contributed by atoms with van der Waals surface area (Å²) in [5.41, 5.74) is 0. The van der Waals surface area contributed by atoms with Crippen molar-refractivity contribution in [1.82, 2.24) is 13.9 Å². The largest absolute Gasteiger partial charge is 0.409 e. The zero-order valence-electron chi connectivity index (χ0n) is 8.71. The van der Waals surface area contributed by atoms with Crippen molar-refractivity contribution < 1.29 is 0 Å². The Morgan fingerprint density at radius 1 is 0.750 bits per heavy atom. The molecule has 0 amide bonds. The second kappa shape index (κ2) is 2.69. The molecule has 3 nitrogen and oxygen atoms in total. The molecular weight excluding hydrogens is 198 g/mol. The van der Waals surface area contributed by atoms with Crippen LogP contribution in [0.15, 0.2) is 0 Å². The van der Waals surface area contributed by atoms with E-state index in [-0.39, 0.29) is 0 Å². The molecular formula is C6H20N3Si3+. The number of hydrogen-bond donors (Lipinski definition) is 3. The molecule has 1 saturated heterocycles. The Labute approximate surface area is 78.8 Å². The third kappa shape index (κ3) is 2.71. The van der Waals surface area contributed by atoms with Crippen LogP contribution in [0.2, 0.25) is 32.7 Å². The van der Waals surface area contributed by atoms with Crippen LogP contribution >= 0.6 is 0 Å². The molecule has 0 aromatic heterocycles.